The number of nitrogens with zero attached hydrogens (tertiary/aromatic N) is 4. The van der Waals surface area contributed by atoms with Gasteiger partial charge in [-0.05, 0) is 45.2 Å². The Balaban J connectivity index is 0.00000289. The molecule has 0 aromatic heterocycles. The number of hydrogen-bond donors (Lipinski definition) is 1. The van der Waals surface area contributed by atoms with E-state index in [1.807, 2.05) is 18.7 Å². The van der Waals surface area contributed by atoms with Gasteiger partial charge in [0.05, 0.1) is 6.04 Å². The molecule has 0 radical (unpaired) electrons. The van der Waals surface area contributed by atoms with Crippen molar-refractivity contribution in [2.45, 2.75) is 51.1 Å². The van der Waals surface area contributed by atoms with E-state index in [0.717, 1.165) is 58.1 Å². The molecule has 3 fully saturated rings. The number of hydrogen-bond acceptors (Lipinski definition) is 3. The summed E-state index contributed by atoms with van der Waals surface area (Å²) >= 11 is 0. The molecule has 178 valence electrons. The Morgan fingerprint density at radius 3 is 2.31 bits per heavy atom. The van der Waals surface area contributed by atoms with Crippen LogP contribution in [0.4, 0.5) is 8.78 Å². The number of guanidine groups is 1. The number of carbonyl (C=O) groups excluding carboxylic acids is 1. The molecule has 1 N–H and O–H groups in total. The van der Waals surface area contributed by atoms with Crippen molar-refractivity contribution in [1.29, 1.82) is 0 Å². The summed E-state index contributed by atoms with van der Waals surface area (Å²) in [5.74, 6) is -0.0890. The molecule has 2 heterocycles. The topological polar surface area (TPSA) is 51.2 Å². The Morgan fingerprint density at radius 1 is 1.09 bits per heavy atom. The van der Waals surface area contributed by atoms with Crippen molar-refractivity contribution < 1.29 is 13.6 Å². The van der Waals surface area contributed by atoms with Crippen molar-refractivity contribution in [2.75, 3.05) is 45.8 Å². The molecule has 2 aliphatic heterocycles. The van der Waals surface area contributed by atoms with Crippen LogP contribution in [-0.4, -0.2) is 84.5 Å². The number of piperazine rings is 1. The lowest BCUT2D eigenvalue weighted by atomic mass is 10.1. The average Bonchev–Trinajstić information content (AvgIpc) is 3.29. The van der Waals surface area contributed by atoms with Gasteiger partial charge in [-0.2, -0.15) is 0 Å². The zero-order valence-corrected chi connectivity index (χ0v) is 21.2. The zero-order valence-electron chi connectivity index (χ0n) is 18.9. The number of likely N-dealkylation sites (tertiary alicyclic amines) is 1. The van der Waals surface area contributed by atoms with Crippen molar-refractivity contribution in [2.24, 2.45) is 4.99 Å². The van der Waals surface area contributed by atoms with Gasteiger partial charge in [0, 0.05) is 63.3 Å². The summed E-state index contributed by atoms with van der Waals surface area (Å²) in [4.78, 5) is 23.8. The van der Waals surface area contributed by atoms with E-state index in [1.54, 1.807) is 0 Å². The minimum Gasteiger partial charge on any atom is -0.353 e. The monoisotopic (exact) mass is 561 g/mol. The summed E-state index contributed by atoms with van der Waals surface area (Å²) in [6.07, 6.45) is 2.91. The molecule has 4 rings (SSSR count). The number of benzene rings is 1. The SMILES string of the molecule is CCN=C(NC1CC1c1c(F)cccc1F)N1CCN(C(C)C(=O)N2CCCC2)CC1.I. The van der Waals surface area contributed by atoms with Crippen LogP contribution in [0.15, 0.2) is 23.2 Å². The van der Waals surface area contributed by atoms with E-state index in [0.29, 0.717) is 13.0 Å². The first-order valence-corrected chi connectivity index (χ1v) is 11.5. The lowest BCUT2D eigenvalue weighted by molar-refractivity contribution is -0.135. The molecule has 1 saturated carbocycles. The van der Waals surface area contributed by atoms with Gasteiger partial charge in [-0.15, -0.1) is 24.0 Å². The summed E-state index contributed by atoms with van der Waals surface area (Å²) < 4.78 is 28.2. The molecule has 0 bridgehead atoms. The number of amides is 1. The molecule has 1 amide bonds. The summed E-state index contributed by atoms with van der Waals surface area (Å²) in [5, 5.41) is 3.43. The smallest absolute Gasteiger partial charge is 0.239 e. The predicted octanol–water partition coefficient (Wildman–Crippen LogP) is 3.03. The highest BCUT2D eigenvalue weighted by atomic mass is 127. The zero-order chi connectivity index (χ0) is 22.0. The minimum absolute atomic E-state index is 0. The maximum absolute atomic E-state index is 14.1. The molecular weight excluding hydrogens is 527 g/mol. The van der Waals surface area contributed by atoms with Gasteiger partial charge in [0.2, 0.25) is 5.91 Å². The number of nitrogens with one attached hydrogen (secondary N) is 1. The van der Waals surface area contributed by atoms with Crippen LogP contribution in [0.3, 0.4) is 0 Å². The highest BCUT2D eigenvalue weighted by molar-refractivity contribution is 14.0. The van der Waals surface area contributed by atoms with Crippen LogP contribution in [0.2, 0.25) is 0 Å². The molecule has 3 atom stereocenters. The standard InChI is InChI=1S/C23H33F2N5O.HI/c1-3-26-23(27-20-15-17(20)21-18(24)7-6-8-19(21)25)30-13-11-28(12-14-30)16(2)22(31)29-9-4-5-10-29;/h6-8,16-17,20H,3-5,9-15H2,1-2H3,(H,26,27);1H. The first kappa shape index (κ1) is 25.1. The number of carbonyl (C=O) groups is 1. The highest BCUT2D eigenvalue weighted by Crippen LogP contribution is 2.43. The van der Waals surface area contributed by atoms with Gasteiger partial charge >= 0.3 is 0 Å². The lowest BCUT2D eigenvalue weighted by Crippen LogP contribution is -2.57. The van der Waals surface area contributed by atoms with E-state index in [1.165, 1.54) is 18.2 Å². The maximum atomic E-state index is 14.1. The third-order valence-electron chi connectivity index (χ3n) is 6.72. The van der Waals surface area contributed by atoms with E-state index < -0.39 is 11.6 Å². The fourth-order valence-corrected chi connectivity index (χ4v) is 4.77. The Hall–Kier alpha value is -1.49. The van der Waals surface area contributed by atoms with Crippen LogP contribution >= 0.6 is 24.0 Å². The van der Waals surface area contributed by atoms with Gasteiger partial charge in [0.1, 0.15) is 11.6 Å². The summed E-state index contributed by atoms with van der Waals surface area (Å²) in [7, 11) is 0. The van der Waals surface area contributed by atoms with Gasteiger partial charge in [0.15, 0.2) is 5.96 Å². The normalized spacial score (nSPS) is 24.8. The van der Waals surface area contributed by atoms with Crippen molar-refractivity contribution >= 4 is 35.8 Å². The first-order valence-electron chi connectivity index (χ1n) is 11.5. The van der Waals surface area contributed by atoms with E-state index >= 15 is 0 Å². The maximum Gasteiger partial charge on any atom is 0.239 e. The minimum atomic E-state index is -0.478. The van der Waals surface area contributed by atoms with Crippen LogP contribution in [0.25, 0.3) is 0 Å². The van der Waals surface area contributed by atoms with Crippen LogP contribution in [-0.2, 0) is 4.79 Å². The average molecular weight is 561 g/mol. The third kappa shape index (κ3) is 5.52. The number of halogens is 3. The van der Waals surface area contributed by atoms with Gasteiger partial charge in [-0.1, -0.05) is 6.07 Å². The van der Waals surface area contributed by atoms with Crippen molar-refractivity contribution in [1.82, 2.24) is 20.0 Å². The van der Waals surface area contributed by atoms with E-state index in [-0.39, 0.29) is 53.4 Å². The van der Waals surface area contributed by atoms with Crippen molar-refractivity contribution in [3.63, 3.8) is 0 Å². The lowest BCUT2D eigenvalue weighted by Gasteiger charge is -2.39. The summed E-state index contributed by atoms with van der Waals surface area (Å²) in [6.45, 7) is 9.52. The number of aliphatic imine (C=N–C) groups is 1. The quantitative estimate of drug-likeness (QED) is 0.342. The highest BCUT2D eigenvalue weighted by Gasteiger charge is 2.43. The largest absolute Gasteiger partial charge is 0.353 e. The van der Waals surface area contributed by atoms with E-state index in [4.69, 9.17) is 0 Å². The molecule has 2 saturated heterocycles. The second-order valence-corrected chi connectivity index (χ2v) is 8.76. The van der Waals surface area contributed by atoms with Crippen LogP contribution in [0.5, 0.6) is 0 Å². The van der Waals surface area contributed by atoms with Crippen LogP contribution < -0.4 is 5.32 Å². The second-order valence-electron chi connectivity index (χ2n) is 8.76. The Kier molecular flexibility index (Phi) is 8.71. The molecule has 3 unspecified atom stereocenters. The molecule has 1 aliphatic carbocycles. The Morgan fingerprint density at radius 2 is 1.72 bits per heavy atom. The third-order valence-corrected chi connectivity index (χ3v) is 6.72. The summed E-state index contributed by atoms with van der Waals surface area (Å²) in [5.41, 5.74) is 0.176. The molecule has 32 heavy (non-hydrogen) atoms. The van der Waals surface area contributed by atoms with Crippen LogP contribution in [0, 0.1) is 11.6 Å². The fourth-order valence-electron chi connectivity index (χ4n) is 4.77. The molecule has 9 heteroatoms. The number of rotatable bonds is 5. The fraction of sp³-hybridized carbons (Fsp3) is 0.652. The van der Waals surface area contributed by atoms with E-state index in [9.17, 15) is 13.6 Å². The van der Waals surface area contributed by atoms with Crippen molar-refractivity contribution in [3.8, 4) is 0 Å². The molecule has 3 aliphatic rings. The molecule has 1 aromatic rings. The molecule has 6 nitrogen and oxygen atoms in total. The summed E-state index contributed by atoms with van der Waals surface area (Å²) in [6, 6.07) is 3.93. The van der Waals surface area contributed by atoms with Gasteiger partial charge < -0.3 is 15.1 Å². The Bertz CT molecular complexity index is 804. The predicted molar refractivity (Wildman–Crippen MR) is 132 cm³/mol. The second kappa shape index (κ2) is 11.1. The van der Waals surface area contributed by atoms with Crippen LogP contribution in [0.1, 0.15) is 44.6 Å². The first-order chi connectivity index (χ1) is 15.0. The Labute approximate surface area is 206 Å². The van der Waals surface area contributed by atoms with Gasteiger partial charge in [-0.3, -0.25) is 14.7 Å². The van der Waals surface area contributed by atoms with Crippen molar-refractivity contribution in [3.05, 3.63) is 35.4 Å². The molecular formula is C23H34F2IN5O. The van der Waals surface area contributed by atoms with Gasteiger partial charge in [0.25, 0.3) is 0 Å². The van der Waals surface area contributed by atoms with Gasteiger partial charge in [-0.25, -0.2) is 8.78 Å². The molecule has 0 spiro atoms. The molecule has 1 aromatic carbocycles. The van der Waals surface area contributed by atoms with E-state index in [2.05, 4.69) is 20.1 Å².